The quantitative estimate of drug-likeness (QED) is 0.347. The molecule has 0 radical (unpaired) electrons. The van der Waals surface area contributed by atoms with Gasteiger partial charge in [-0.25, -0.2) is 0 Å². The molecule has 0 N–H and O–H groups in total. The molecular weight excluding hydrogens is 115 g/mol. The van der Waals surface area contributed by atoms with Crippen molar-refractivity contribution in [2.45, 2.75) is 31.8 Å². The molecule has 46 valence electrons. The predicted octanol–water partition coefficient (Wildman–Crippen LogP) is 2.36. The van der Waals surface area contributed by atoms with E-state index in [0.717, 1.165) is 5.66 Å². The average Bonchev–Trinajstić information content (AvgIpc) is 1.77. The first kappa shape index (κ1) is 6.29. The molecule has 1 aliphatic carbocycles. The highest BCUT2D eigenvalue weighted by Gasteiger charge is 2.05. The second-order valence-corrected chi connectivity index (χ2v) is 3.53. The largest absolute Gasteiger partial charge is 0.134 e. The molecular formula is C7H13P. The summed E-state index contributed by atoms with van der Waals surface area (Å²) in [5.74, 6) is 0. The van der Waals surface area contributed by atoms with Gasteiger partial charge in [0.2, 0.25) is 0 Å². The van der Waals surface area contributed by atoms with Gasteiger partial charge in [0.1, 0.15) is 0 Å². The van der Waals surface area contributed by atoms with Gasteiger partial charge in [-0.05, 0) is 31.8 Å². The van der Waals surface area contributed by atoms with Crippen molar-refractivity contribution in [2.75, 3.05) is 0 Å². The second-order valence-electron chi connectivity index (χ2n) is 2.58. The zero-order valence-corrected chi connectivity index (χ0v) is 6.51. The van der Waals surface area contributed by atoms with Crippen molar-refractivity contribution in [3.63, 3.8) is 0 Å². The summed E-state index contributed by atoms with van der Waals surface area (Å²) in [6.07, 6.45) is 6.30. The van der Waals surface area contributed by atoms with E-state index in [-0.39, 0.29) is 0 Å². The molecule has 1 aliphatic rings. The SMILES string of the molecule is CC1=CCC(P)CC1. The molecule has 1 heteroatoms. The normalized spacial score (nSPS) is 29.8. The zero-order chi connectivity index (χ0) is 5.98. The number of hydrogen-bond acceptors (Lipinski definition) is 0. The fourth-order valence-electron chi connectivity index (χ4n) is 0.986. The van der Waals surface area contributed by atoms with E-state index in [0.29, 0.717) is 0 Å². The molecule has 0 aromatic heterocycles. The van der Waals surface area contributed by atoms with Crippen molar-refractivity contribution in [3.05, 3.63) is 11.6 Å². The summed E-state index contributed by atoms with van der Waals surface area (Å²) in [7, 11) is 2.88. The molecule has 0 amide bonds. The van der Waals surface area contributed by atoms with Crippen LogP contribution in [0.5, 0.6) is 0 Å². The molecule has 0 heterocycles. The number of hydrogen-bond donors (Lipinski definition) is 0. The predicted molar refractivity (Wildman–Crippen MR) is 41.1 cm³/mol. The fourth-order valence-corrected chi connectivity index (χ4v) is 1.29. The zero-order valence-electron chi connectivity index (χ0n) is 5.35. The van der Waals surface area contributed by atoms with Crippen molar-refractivity contribution in [1.29, 1.82) is 0 Å². The third-order valence-corrected chi connectivity index (χ3v) is 2.28. The summed E-state index contributed by atoms with van der Waals surface area (Å²) in [6, 6.07) is 0. The highest BCUT2D eigenvalue weighted by atomic mass is 31.0. The molecule has 0 aromatic carbocycles. The van der Waals surface area contributed by atoms with E-state index in [1.165, 1.54) is 19.3 Å². The standard InChI is InChI=1S/C7H13P/c1-6-2-4-7(8)5-3-6/h2,7H,3-5,8H2,1H3. The van der Waals surface area contributed by atoms with Gasteiger partial charge in [-0.2, -0.15) is 0 Å². The van der Waals surface area contributed by atoms with Crippen LogP contribution < -0.4 is 0 Å². The maximum atomic E-state index is 2.88. The van der Waals surface area contributed by atoms with Crippen LogP contribution in [0, 0.1) is 0 Å². The first-order valence-corrected chi connectivity index (χ1v) is 3.87. The Morgan fingerprint density at radius 1 is 1.75 bits per heavy atom. The molecule has 0 spiro atoms. The maximum Gasteiger partial charge on any atom is -0.0226 e. The van der Waals surface area contributed by atoms with Gasteiger partial charge < -0.3 is 0 Å². The Morgan fingerprint density at radius 2 is 2.50 bits per heavy atom. The van der Waals surface area contributed by atoms with Crippen LogP contribution >= 0.6 is 9.24 Å². The molecule has 2 unspecified atom stereocenters. The van der Waals surface area contributed by atoms with Gasteiger partial charge in [0.15, 0.2) is 0 Å². The van der Waals surface area contributed by atoms with Crippen LogP contribution in [0.1, 0.15) is 26.2 Å². The highest BCUT2D eigenvalue weighted by Crippen LogP contribution is 2.22. The molecule has 2 atom stereocenters. The molecule has 0 bridgehead atoms. The van der Waals surface area contributed by atoms with Crippen molar-refractivity contribution in [1.82, 2.24) is 0 Å². The average molecular weight is 128 g/mol. The van der Waals surface area contributed by atoms with Crippen LogP contribution in [0.25, 0.3) is 0 Å². The lowest BCUT2D eigenvalue weighted by Gasteiger charge is -2.14. The van der Waals surface area contributed by atoms with E-state index in [1.807, 2.05) is 0 Å². The van der Waals surface area contributed by atoms with Crippen molar-refractivity contribution >= 4 is 9.24 Å². The molecule has 8 heavy (non-hydrogen) atoms. The minimum Gasteiger partial charge on any atom is -0.134 e. The van der Waals surface area contributed by atoms with Gasteiger partial charge >= 0.3 is 0 Å². The molecule has 0 aliphatic heterocycles. The smallest absolute Gasteiger partial charge is 0.0226 e. The Balaban J connectivity index is 2.42. The summed E-state index contributed by atoms with van der Waals surface area (Å²) >= 11 is 0. The van der Waals surface area contributed by atoms with Gasteiger partial charge in [0.25, 0.3) is 0 Å². The van der Waals surface area contributed by atoms with Crippen LogP contribution in [0.15, 0.2) is 11.6 Å². The summed E-state index contributed by atoms with van der Waals surface area (Å²) in [4.78, 5) is 0. The van der Waals surface area contributed by atoms with Gasteiger partial charge in [0.05, 0.1) is 0 Å². The van der Waals surface area contributed by atoms with Crippen molar-refractivity contribution < 1.29 is 0 Å². The molecule has 0 fully saturated rings. The Labute approximate surface area is 53.6 Å². The van der Waals surface area contributed by atoms with Gasteiger partial charge in [0, 0.05) is 0 Å². The van der Waals surface area contributed by atoms with Gasteiger partial charge in [-0.3, -0.25) is 0 Å². The third-order valence-electron chi connectivity index (χ3n) is 1.68. The summed E-state index contributed by atoms with van der Waals surface area (Å²) < 4.78 is 0. The monoisotopic (exact) mass is 128 g/mol. The second kappa shape index (κ2) is 2.64. The van der Waals surface area contributed by atoms with E-state index in [4.69, 9.17) is 0 Å². The van der Waals surface area contributed by atoms with Crippen molar-refractivity contribution in [2.24, 2.45) is 0 Å². The van der Waals surface area contributed by atoms with Crippen molar-refractivity contribution in [3.8, 4) is 0 Å². The van der Waals surface area contributed by atoms with E-state index < -0.39 is 0 Å². The number of allylic oxidation sites excluding steroid dienone is 2. The van der Waals surface area contributed by atoms with Crippen LogP contribution in [0.4, 0.5) is 0 Å². The van der Waals surface area contributed by atoms with E-state index >= 15 is 0 Å². The van der Waals surface area contributed by atoms with E-state index in [9.17, 15) is 0 Å². The topological polar surface area (TPSA) is 0 Å². The van der Waals surface area contributed by atoms with Crippen LogP contribution in [-0.4, -0.2) is 5.66 Å². The Morgan fingerprint density at radius 3 is 2.88 bits per heavy atom. The van der Waals surface area contributed by atoms with E-state index in [2.05, 4.69) is 22.2 Å². The number of rotatable bonds is 0. The van der Waals surface area contributed by atoms with Gasteiger partial charge in [-0.15, -0.1) is 9.24 Å². The van der Waals surface area contributed by atoms with Crippen LogP contribution in [0.3, 0.4) is 0 Å². The Kier molecular flexibility index (Phi) is 2.08. The molecule has 1 rings (SSSR count). The molecule has 0 saturated heterocycles. The summed E-state index contributed by atoms with van der Waals surface area (Å²) in [5, 5.41) is 0. The maximum absolute atomic E-state index is 2.88. The first-order chi connectivity index (χ1) is 3.79. The highest BCUT2D eigenvalue weighted by molar-refractivity contribution is 7.17. The molecule has 0 aromatic rings. The third kappa shape index (κ3) is 1.59. The Bertz CT molecular complexity index is 105. The van der Waals surface area contributed by atoms with Crippen LogP contribution in [-0.2, 0) is 0 Å². The minimum absolute atomic E-state index is 0.860. The fraction of sp³-hybridized carbons (Fsp3) is 0.714. The Hall–Kier alpha value is 0.170. The first-order valence-electron chi connectivity index (χ1n) is 3.20. The lowest BCUT2D eigenvalue weighted by atomic mass is 10.0. The minimum atomic E-state index is 0.860. The lowest BCUT2D eigenvalue weighted by Crippen LogP contribution is -2.01. The lowest BCUT2D eigenvalue weighted by molar-refractivity contribution is 0.718. The van der Waals surface area contributed by atoms with Gasteiger partial charge in [-0.1, -0.05) is 11.6 Å². The summed E-state index contributed by atoms with van der Waals surface area (Å²) in [6.45, 7) is 2.22. The molecule has 0 nitrogen and oxygen atoms in total. The van der Waals surface area contributed by atoms with Crippen LogP contribution in [0.2, 0.25) is 0 Å². The van der Waals surface area contributed by atoms with E-state index in [1.54, 1.807) is 5.57 Å². The summed E-state index contributed by atoms with van der Waals surface area (Å²) in [5.41, 5.74) is 2.43. The molecule has 0 saturated carbocycles.